The van der Waals surface area contributed by atoms with Gasteiger partial charge in [0.15, 0.2) is 6.61 Å². The second-order valence-electron chi connectivity index (χ2n) is 7.26. The number of anilines is 1. The fourth-order valence-corrected chi connectivity index (χ4v) is 4.69. The highest BCUT2D eigenvalue weighted by molar-refractivity contribution is 8.04. The van der Waals surface area contributed by atoms with Crippen LogP contribution in [-0.4, -0.2) is 54.7 Å². The van der Waals surface area contributed by atoms with Gasteiger partial charge in [-0.05, 0) is 44.5 Å². The number of amides is 1. The van der Waals surface area contributed by atoms with Gasteiger partial charge in [-0.2, -0.15) is 0 Å². The van der Waals surface area contributed by atoms with Gasteiger partial charge in [0, 0.05) is 29.3 Å². The molecule has 1 atom stereocenters. The molecule has 0 saturated carbocycles. The van der Waals surface area contributed by atoms with Gasteiger partial charge in [0.1, 0.15) is 11.6 Å². The highest BCUT2D eigenvalue weighted by atomic mass is 32.2. The maximum atomic E-state index is 12.4. The Hall–Kier alpha value is -1.99. The van der Waals surface area contributed by atoms with Crippen LogP contribution in [0.2, 0.25) is 0 Å². The van der Waals surface area contributed by atoms with E-state index in [0.29, 0.717) is 23.4 Å². The lowest BCUT2D eigenvalue weighted by Gasteiger charge is -2.30. The molecule has 0 aromatic heterocycles. The molecule has 0 bridgehead atoms. The molecule has 4 rings (SSSR count). The smallest absolute Gasteiger partial charge is 0.265 e. The van der Waals surface area contributed by atoms with Crippen molar-refractivity contribution in [2.75, 3.05) is 37.7 Å². The van der Waals surface area contributed by atoms with Gasteiger partial charge in [-0.1, -0.05) is 13.0 Å². The quantitative estimate of drug-likeness (QED) is 0.622. The number of hydrogen-bond donors (Lipinski definition) is 1. The van der Waals surface area contributed by atoms with E-state index in [0.717, 1.165) is 42.3 Å². The Balaban J connectivity index is 1.50. The first kappa shape index (κ1) is 18.4. The Bertz CT molecular complexity index is 786. The Morgan fingerprint density at radius 3 is 2.89 bits per heavy atom. The third-order valence-corrected chi connectivity index (χ3v) is 6.41. The van der Waals surface area contributed by atoms with Gasteiger partial charge < -0.3 is 20.3 Å². The molecule has 1 amide bonds. The maximum Gasteiger partial charge on any atom is 0.265 e. The van der Waals surface area contributed by atoms with E-state index in [1.54, 1.807) is 11.8 Å². The molecule has 0 spiro atoms. The third-order valence-electron chi connectivity index (χ3n) is 5.19. The first-order valence-electron chi connectivity index (χ1n) is 9.61. The second kappa shape index (κ2) is 7.94. The zero-order valence-corrected chi connectivity index (χ0v) is 16.5. The van der Waals surface area contributed by atoms with Crippen LogP contribution >= 0.6 is 11.8 Å². The van der Waals surface area contributed by atoms with Crippen LogP contribution in [0.4, 0.5) is 11.4 Å². The van der Waals surface area contributed by atoms with Crippen molar-refractivity contribution < 1.29 is 9.53 Å². The summed E-state index contributed by atoms with van der Waals surface area (Å²) in [5.41, 5.74) is 7.74. The Kier molecular flexibility index (Phi) is 5.41. The predicted molar refractivity (Wildman–Crippen MR) is 111 cm³/mol. The van der Waals surface area contributed by atoms with Gasteiger partial charge >= 0.3 is 0 Å². The number of ether oxygens (including phenoxy) is 1. The number of likely N-dealkylation sites (tertiary alicyclic amines) is 1. The molecular weight excluding hydrogens is 360 g/mol. The van der Waals surface area contributed by atoms with Gasteiger partial charge in [0.2, 0.25) is 0 Å². The van der Waals surface area contributed by atoms with Crippen LogP contribution in [0, 0.1) is 0 Å². The monoisotopic (exact) mass is 386 g/mol. The second-order valence-corrected chi connectivity index (χ2v) is 8.74. The number of amidine groups is 1. The van der Waals surface area contributed by atoms with E-state index >= 15 is 0 Å². The Morgan fingerprint density at radius 1 is 1.33 bits per heavy atom. The van der Waals surface area contributed by atoms with Crippen molar-refractivity contribution in [3.63, 3.8) is 0 Å². The lowest BCUT2D eigenvalue weighted by atomic mass is 10.2. The van der Waals surface area contributed by atoms with Crippen molar-refractivity contribution in [1.29, 1.82) is 0 Å². The summed E-state index contributed by atoms with van der Waals surface area (Å²) in [6.07, 6.45) is 5.67. The van der Waals surface area contributed by atoms with E-state index < -0.39 is 0 Å². The third kappa shape index (κ3) is 4.14. The number of aliphatic imine (C=N–C) groups is 1. The summed E-state index contributed by atoms with van der Waals surface area (Å²) >= 11 is 1.76. The van der Waals surface area contributed by atoms with E-state index in [1.807, 2.05) is 23.1 Å². The first-order valence-corrected chi connectivity index (χ1v) is 10.5. The van der Waals surface area contributed by atoms with Crippen LogP contribution in [0.15, 0.2) is 34.2 Å². The molecule has 1 fully saturated rings. The fraction of sp³-hybridized carbons (Fsp3) is 0.500. The van der Waals surface area contributed by atoms with E-state index in [9.17, 15) is 4.79 Å². The summed E-state index contributed by atoms with van der Waals surface area (Å²) < 4.78 is 5.67. The number of allylic oxidation sites excluding steroid dienone is 1. The number of rotatable bonds is 5. The molecule has 7 heteroatoms. The molecule has 1 aromatic rings. The van der Waals surface area contributed by atoms with Gasteiger partial charge in [0.05, 0.1) is 11.4 Å². The van der Waals surface area contributed by atoms with Crippen LogP contribution < -0.4 is 15.4 Å². The van der Waals surface area contributed by atoms with Crippen molar-refractivity contribution in [1.82, 2.24) is 4.90 Å². The molecule has 0 radical (unpaired) electrons. The summed E-state index contributed by atoms with van der Waals surface area (Å²) in [5, 5.41) is 0.552. The lowest BCUT2D eigenvalue weighted by molar-refractivity contribution is -0.121. The zero-order chi connectivity index (χ0) is 18.8. The largest absolute Gasteiger partial charge is 0.481 e. The van der Waals surface area contributed by atoms with E-state index in [-0.39, 0.29) is 12.5 Å². The number of thioether (sulfide) groups is 1. The maximum absolute atomic E-state index is 12.4. The molecule has 3 aliphatic rings. The number of carbonyl (C=O) groups is 1. The highest BCUT2D eigenvalue weighted by Gasteiger charge is 2.26. The molecular formula is C20H26N4O2S. The minimum Gasteiger partial charge on any atom is -0.481 e. The molecule has 6 nitrogen and oxygen atoms in total. The molecule has 2 N–H and O–H groups in total. The Labute approximate surface area is 164 Å². The van der Waals surface area contributed by atoms with E-state index in [4.69, 9.17) is 10.5 Å². The van der Waals surface area contributed by atoms with Gasteiger partial charge in [-0.15, -0.1) is 11.8 Å². The molecule has 3 heterocycles. The number of nitrogens with zero attached hydrogens (tertiary/aromatic N) is 3. The normalized spacial score (nSPS) is 23.4. The van der Waals surface area contributed by atoms with E-state index in [2.05, 4.69) is 22.9 Å². The highest BCUT2D eigenvalue weighted by Crippen LogP contribution is 2.37. The molecule has 27 heavy (non-hydrogen) atoms. The summed E-state index contributed by atoms with van der Waals surface area (Å²) in [5.74, 6) is 1.26. The van der Waals surface area contributed by atoms with Crippen molar-refractivity contribution >= 4 is 34.9 Å². The summed E-state index contributed by atoms with van der Waals surface area (Å²) in [6, 6.07) is 5.70. The zero-order valence-electron chi connectivity index (χ0n) is 15.7. The predicted octanol–water partition coefficient (Wildman–Crippen LogP) is 2.91. The number of benzene rings is 1. The minimum atomic E-state index is 0.0129. The van der Waals surface area contributed by atoms with Crippen LogP contribution in [0.1, 0.15) is 26.2 Å². The SMILES string of the molecule is CC1CC=C(C(N)=Nc2ccc3c(c2)OCC(=O)N3CCN2CCCC2)S1. The average molecular weight is 387 g/mol. The van der Waals surface area contributed by atoms with Crippen LogP contribution in [-0.2, 0) is 4.79 Å². The van der Waals surface area contributed by atoms with Crippen molar-refractivity contribution in [3.05, 3.63) is 29.2 Å². The molecule has 3 aliphatic heterocycles. The van der Waals surface area contributed by atoms with Gasteiger partial charge in [0.25, 0.3) is 5.91 Å². The molecule has 1 aromatic carbocycles. The van der Waals surface area contributed by atoms with Crippen molar-refractivity contribution in [2.45, 2.75) is 31.4 Å². The van der Waals surface area contributed by atoms with Crippen LogP contribution in [0.25, 0.3) is 0 Å². The molecule has 1 saturated heterocycles. The molecule has 1 unspecified atom stereocenters. The first-order chi connectivity index (χ1) is 13.1. The number of fused-ring (bicyclic) bond motifs is 1. The average Bonchev–Trinajstić information content (AvgIpc) is 3.32. The summed E-state index contributed by atoms with van der Waals surface area (Å²) in [4.78, 5) is 22.2. The summed E-state index contributed by atoms with van der Waals surface area (Å²) in [6.45, 7) is 6.12. The Morgan fingerprint density at radius 2 is 2.15 bits per heavy atom. The van der Waals surface area contributed by atoms with Gasteiger partial charge in [-0.3, -0.25) is 4.79 Å². The molecule has 0 aliphatic carbocycles. The fourth-order valence-electron chi connectivity index (χ4n) is 3.70. The van der Waals surface area contributed by atoms with Crippen molar-refractivity contribution in [2.24, 2.45) is 10.7 Å². The van der Waals surface area contributed by atoms with Crippen LogP contribution in [0.5, 0.6) is 5.75 Å². The molecule has 144 valence electrons. The number of hydrogen-bond acceptors (Lipinski definition) is 5. The van der Waals surface area contributed by atoms with Gasteiger partial charge in [-0.25, -0.2) is 4.99 Å². The number of nitrogens with two attached hydrogens (primary N) is 1. The standard InChI is InChI=1S/C20H26N4O2S/c1-14-4-7-18(27-14)20(21)22-15-5-6-16-17(12-15)26-13-19(25)24(16)11-10-23-8-2-3-9-23/h5-7,12,14H,2-4,8-11,13H2,1H3,(H2,21,22). The van der Waals surface area contributed by atoms with Crippen molar-refractivity contribution in [3.8, 4) is 5.75 Å². The summed E-state index contributed by atoms with van der Waals surface area (Å²) in [7, 11) is 0. The number of carbonyl (C=O) groups excluding carboxylic acids is 1. The van der Waals surface area contributed by atoms with Crippen LogP contribution in [0.3, 0.4) is 0 Å². The topological polar surface area (TPSA) is 71.2 Å². The minimum absolute atomic E-state index is 0.0129. The lowest BCUT2D eigenvalue weighted by Crippen LogP contribution is -2.43. The van der Waals surface area contributed by atoms with E-state index in [1.165, 1.54) is 12.8 Å².